The highest BCUT2D eigenvalue weighted by Gasteiger charge is 2.13. The predicted molar refractivity (Wildman–Crippen MR) is 83.4 cm³/mol. The van der Waals surface area contributed by atoms with Crippen LogP contribution in [-0.2, 0) is 17.8 Å². The van der Waals surface area contributed by atoms with Crippen molar-refractivity contribution < 1.29 is 4.79 Å². The van der Waals surface area contributed by atoms with Crippen molar-refractivity contribution in [2.24, 2.45) is 5.73 Å². The number of rotatable bonds is 5. The minimum atomic E-state index is -0.561. The van der Waals surface area contributed by atoms with E-state index in [1.54, 1.807) is 12.3 Å². The van der Waals surface area contributed by atoms with Gasteiger partial charge in [-0.2, -0.15) is 0 Å². The number of anilines is 1. The molecule has 1 heterocycles. The van der Waals surface area contributed by atoms with E-state index < -0.39 is 6.04 Å². The average Bonchev–Trinajstić information content (AvgIpc) is 2.48. The molecular weight excluding hydrogens is 264 g/mol. The first kappa shape index (κ1) is 15.0. The molecular formula is C16H20N4O. The Morgan fingerprint density at radius 1 is 1.19 bits per heavy atom. The SMILES string of the molecule is Cc1ccc(C[C@H](N)C(=O)NCc2ccc(N)nc2)cc1. The van der Waals surface area contributed by atoms with Crippen molar-refractivity contribution in [3.63, 3.8) is 0 Å². The van der Waals surface area contributed by atoms with Gasteiger partial charge in [0.15, 0.2) is 0 Å². The highest BCUT2D eigenvalue weighted by molar-refractivity contribution is 5.81. The molecule has 110 valence electrons. The molecule has 1 amide bonds. The molecule has 0 unspecified atom stereocenters. The Labute approximate surface area is 124 Å². The Hall–Kier alpha value is -2.40. The van der Waals surface area contributed by atoms with Crippen molar-refractivity contribution >= 4 is 11.7 Å². The average molecular weight is 284 g/mol. The summed E-state index contributed by atoms with van der Waals surface area (Å²) < 4.78 is 0. The number of nitrogen functional groups attached to an aromatic ring is 1. The largest absolute Gasteiger partial charge is 0.384 e. The molecule has 0 saturated carbocycles. The molecule has 2 rings (SSSR count). The summed E-state index contributed by atoms with van der Waals surface area (Å²) in [5, 5.41) is 2.81. The lowest BCUT2D eigenvalue weighted by Gasteiger charge is -2.12. The third kappa shape index (κ3) is 4.57. The fraction of sp³-hybridized carbons (Fsp3) is 0.250. The number of hydrogen-bond donors (Lipinski definition) is 3. The molecule has 0 aliphatic carbocycles. The lowest BCUT2D eigenvalue weighted by atomic mass is 10.0. The second kappa shape index (κ2) is 6.85. The van der Waals surface area contributed by atoms with E-state index in [2.05, 4.69) is 10.3 Å². The van der Waals surface area contributed by atoms with Crippen molar-refractivity contribution in [2.45, 2.75) is 25.9 Å². The summed E-state index contributed by atoms with van der Waals surface area (Å²) >= 11 is 0. The number of pyridine rings is 1. The van der Waals surface area contributed by atoms with Crippen LogP contribution >= 0.6 is 0 Å². The molecule has 0 spiro atoms. The minimum Gasteiger partial charge on any atom is -0.384 e. The second-order valence-corrected chi connectivity index (χ2v) is 5.11. The Morgan fingerprint density at radius 2 is 1.86 bits per heavy atom. The van der Waals surface area contributed by atoms with Crippen LogP contribution in [0, 0.1) is 6.92 Å². The highest BCUT2D eigenvalue weighted by atomic mass is 16.2. The van der Waals surface area contributed by atoms with Crippen LogP contribution in [0.5, 0.6) is 0 Å². The molecule has 21 heavy (non-hydrogen) atoms. The zero-order valence-electron chi connectivity index (χ0n) is 12.0. The number of amides is 1. The quantitative estimate of drug-likeness (QED) is 0.768. The third-order valence-corrected chi connectivity index (χ3v) is 3.23. The lowest BCUT2D eigenvalue weighted by molar-refractivity contribution is -0.122. The fourth-order valence-corrected chi connectivity index (χ4v) is 1.93. The number of aryl methyl sites for hydroxylation is 1. The number of aromatic nitrogens is 1. The summed E-state index contributed by atoms with van der Waals surface area (Å²) in [5.74, 6) is 0.286. The van der Waals surface area contributed by atoms with Crippen LogP contribution < -0.4 is 16.8 Å². The van der Waals surface area contributed by atoms with Crippen LogP contribution in [0.2, 0.25) is 0 Å². The molecule has 0 radical (unpaired) electrons. The van der Waals surface area contributed by atoms with E-state index in [0.29, 0.717) is 18.8 Å². The van der Waals surface area contributed by atoms with E-state index in [4.69, 9.17) is 11.5 Å². The molecule has 0 fully saturated rings. The number of carbonyl (C=O) groups is 1. The summed E-state index contributed by atoms with van der Waals surface area (Å²) in [6.45, 7) is 2.42. The maximum atomic E-state index is 12.0. The van der Waals surface area contributed by atoms with Crippen LogP contribution in [0.4, 0.5) is 5.82 Å². The standard InChI is InChI=1S/C16H20N4O/c1-11-2-4-12(5-3-11)8-14(17)16(21)20-10-13-6-7-15(18)19-9-13/h2-7,9,14H,8,10,17H2,1H3,(H2,18,19)(H,20,21)/t14-/m0/s1. The normalized spacial score (nSPS) is 11.9. The molecule has 1 aromatic heterocycles. The van der Waals surface area contributed by atoms with E-state index >= 15 is 0 Å². The van der Waals surface area contributed by atoms with E-state index in [1.807, 2.05) is 37.3 Å². The highest BCUT2D eigenvalue weighted by Crippen LogP contribution is 2.06. The van der Waals surface area contributed by atoms with Gasteiger partial charge in [0.1, 0.15) is 5.82 Å². The smallest absolute Gasteiger partial charge is 0.237 e. The molecule has 0 aliphatic heterocycles. The van der Waals surface area contributed by atoms with Crippen molar-refractivity contribution in [3.05, 3.63) is 59.3 Å². The van der Waals surface area contributed by atoms with Crippen LogP contribution in [0.25, 0.3) is 0 Å². The fourth-order valence-electron chi connectivity index (χ4n) is 1.93. The van der Waals surface area contributed by atoms with Gasteiger partial charge in [0.25, 0.3) is 0 Å². The number of benzene rings is 1. The van der Waals surface area contributed by atoms with Gasteiger partial charge in [-0.3, -0.25) is 4.79 Å². The molecule has 0 bridgehead atoms. The van der Waals surface area contributed by atoms with E-state index in [1.165, 1.54) is 5.56 Å². The number of nitrogens with two attached hydrogens (primary N) is 2. The van der Waals surface area contributed by atoms with Gasteiger partial charge in [-0.05, 0) is 30.5 Å². The molecule has 5 N–H and O–H groups in total. The minimum absolute atomic E-state index is 0.174. The van der Waals surface area contributed by atoms with E-state index in [0.717, 1.165) is 11.1 Å². The monoisotopic (exact) mass is 284 g/mol. The van der Waals surface area contributed by atoms with Gasteiger partial charge < -0.3 is 16.8 Å². The number of nitrogens with zero attached hydrogens (tertiary/aromatic N) is 1. The Morgan fingerprint density at radius 3 is 2.48 bits per heavy atom. The third-order valence-electron chi connectivity index (χ3n) is 3.23. The zero-order chi connectivity index (χ0) is 15.2. The van der Waals surface area contributed by atoms with E-state index in [-0.39, 0.29) is 5.91 Å². The van der Waals surface area contributed by atoms with Crippen molar-refractivity contribution in [2.75, 3.05) is 5.73 Å². The number of hydrogen-bond acceptors (Lipinski definition) is 4. The van der Waals surface area contributed by atoms with Crippen molar-refractivity contribution in [1.29, 1.82) is 0 Å². The molecule has 1 atom stereocenters. The van der Waals surface area contributed by atoms with Crippen molar-refractivity contribution in [3.8, 4) is 0 Å². The summed E-state index contributed by atoms with van der Waals surface area (Å²) in [5.41, 5.74) is 14.6. The van der Waals surface area contributed by atoms with Gasteiger partial charge >= 0.3 is 0 Å². The van der Waals surface area contributed by atoms with Gasteiger partial charge in [-0.15, -0.1) is 0 Å². The zero-order valence-corrected chi connectivity index (χ0v) is 12.0. The molecule has 5 nitrogen and oxygen atoms in total. The first-order valence-electron chi connectivity index (χ1n) is 6.84. The van der Waals surface area contributed by atoms with E-state index in [9.17, 15) is 4.79 Å². The molecule has 1 aromatic carbocycles. The molecule has 0 saturated heterocycles. The van der Waals surface area contributed by atoms with Crippen LogP contribution in [0.15, 0.2) is 42.6 Å². The molecule has 5 heteroatoms. The summed E-state index contributed by atoms with van der Waals surface area (Å²) in [7, 11) is 0. The summed E-state index contributed by atoms with van der Waals surface area (Å²) in [4.78, 5) is 15.9. The van der Waals surface area contributed by atoms with Gasteiger partial charge in [0.05, 0.1) is 6.04 Å². The van der Waals surface area contributed by atoms with Crippen LogP contribution in [0.1, 0.15) is 16.7 Å². The van der Waals surface area contributed by atoms with Gasteiger partial charge in [-0.25, -0.2) is 4.98 Å². The maximum absolute atomic E-state index is 12.0. The first-order valence-corrected chi connectivity index (χ1v) is 6.84. The number of nitrogens with one attached hydrogen (secondary N) is 1. The maximum Gasteiger partial charge on any atom is 0.237 e. The summed E-state index contributed by atoms with van der Waals surface area (Å²) in [6, 6.07) is 11.0. The topological polar surface area (TPSA) is 94.0 Å². The predicted octanol–water partition coefficient (Wildman–Crippen LogP) is 1.16. The second-order valence-electron chi connectivity index (χ2n) is 5.11. The number of carbonyl (C=O) groups excluding carboxylic acids is 1. The van der Waals surface area contributed by atoms with Crippen molar-refractivity contribution in [1.82, 2.24) is 10.3 Å². The first-order chi connectivity index (χ1) is 10.0. The lowest BCUT2D eigenvalue weighted by Crippen LogP contribution is -2.41. The van der Waals surface area contributed by atoms with Crippen LogP contribution in [0.3, 0.4) is 0 Å². The van der Waals surface area contributed by atoms with Gasteiger partial charge in [0, 0.05) is 12.7 Å². The van der Waals surface area contributed by atoms with Gasteiger partial charge in [-0.1, -0.05) is 35.9 Å². The molecule has 2 aromatic rings. The Bertz CT molecular complexity index is 593. The molecule has 0 aliphatic rings. The van der Waals surface area contributed by atoms with Gasteiger partial charge in [0.2, 0.25) is 5.91 Å². The Kier molecular flexibility index (Phi) is 4.90. The Balaban J connectivity index is 1.84. The summed E-state index contributed by atoms with van der Waals surface area (Å²) in [6.07, 6.45) is 2.16. The van der Waals surface area contributed by atoms with Crippen LogP contribution in [-0.4, -0.2) is 16.9 Å².